The van der Waals surface area contributed by atoms with E-state index >= 15 is 0 Å². The Hall–Kier alpha value is -5.87. The lowest BCUT2D eigenvalue weighted by molar-refractivity contribution is 0.661. The van der Waals surface area contributed by atoms with Gasteiger partial charge in [0.15, 0.2) is 0 Å². The van der Waals surface area contributed by atoms with E-state index in [9.17, 15) is 0 Å². The molecule has 0 unspecified atom stereocenters. The van der Waals surface area contributed by atoms with E-state index < -0.39 is 0 Å². The fraction of sp³-hybridized carbons (Fsp3) is 0.0930. The van der Waals surface area contributed by atoms with E-state index in [4.69, 9.17) is 9.97 Å². The Morgan fingerprint density at radius 2 is 1.23 bits per heavy atom. The number of hydrogen-bond donors (Lipinski definition) is 1. The van der Waals surface area contributed by atoms with Gasteiger partial charge in [-0.25, -0.2) is 0 Å². The number of nitrogens with zero attached hydrogens (tertiary/aromatic N) is 3. The third-order valence-electron chi connectivity index (χ3n) is 9.84. The van der Waals surface area contributed by atoms with E-state index in [1.165, 1.54) is 54.9 Å². The molecule has 0 fully saturated rings. The smallest absolute Gasteiger partial charge is 0.0886 e. The van der Waals surface area contributed by atoms with Crippen LogP contribution in [0.4, 0.5) is 0 Å². The van der Waals surface area contributed by atoms with Gasteiger partial charge in [0, 0.05) is 41.7 Å². The van der Waals surface area contributed by atoms with Crippen molar-refractivity contribution in [1.82, 2.24) is 20.3 Å². The highest BCUT2D eigenvalue weighted by atomic mass is 14.9. The molecule has 47 heavy (non-hydrogen) atoms. The van der Waals surface area contributed by atoms with Crippen LogP contribution >= 0.6 is 0 Å². The summed E-state index contributed by atoms with van der Waals surface area (Å²) < 4.78 is 0. The third kappa shape index (κ3) is 4.33. The van der Waals surface area contributed by atoms with Gasteiger partial charge in [-0.3, -0.25) is 15.0 Å². The summed E-state index contributed by atoms with van der Waals surface area (Å²) in [4.78, 5) is 14.4. The molecule has 0 amide bonds. The van der Waals surface area contributed by atoms with Crippen molar-refractivity contribution in [3.05, 3.63) is 157 Å². The van der Waals surface area contributed by atoms with Gasteiger partial charge < -0.3 is 5.32 Å². The van der Waals surface area contributed by atoms with Gasteiger partial charge in [0.25, 0.3) is 0 Å². The highest BCUT2D eigenvalue weighted by Gasteiger charge is 2.36. The summed E-state index contributed by atoms with van der Waals surface area (Å²) in [5.74, 6) is 0. The van der Waals surface area contributed by atoms with Gasteiger partial charge in [0.05, 0.1) is 22.8 Å². The van der Waals surface area contributed by atoms with Gasteiger partial charge in [-0.1, -0.05) is 92.7 Å². The number of fused-ring (bicyclic) bond motifs is 5. The lowest BCUT2D eigenvalue weighted by Crippen LogP contribution is -2.15. The molecule has 0 saturated carbocycles. The van der Waals surface area contributed by atoms with Crippen molar-refractivity contribution in [2.45, 2.75) is 19.3 Å². The van der Waals surface area contributed by atoms with E-state index in [-0.39, 0.29) is 5.41 Å². The van der Waals surface area contributed by atoms with Crippen LogP contribution in [-0.4, -0.2) is 21.5 Å². The molecule has 0 saturated heterocycles. The molecular weight excluding hydrogens is 573 g/mol. The molecule has 1 aliphatic carbocycles. The van der Waals surface area contributed by atoms with Gasteiger partial charge in [-0.15, -0.1) is 0 Å². The minimum Gasteiger partial charge on any atom is -0.380 e. The maximum atomic E-state index is 4.96. The summed E-state index contributed by atoms with van der Waals surface area (Å²) in [5.41, 5.74) is 13.5. The van der Waals surface area contributed by atoms with Gasteiger partial charge in [0.2, 0.25) is 0 Å². The number of dihydropyridines is 1. The molecule has 0 atom stereocenters. The lowest BCUT2D eigenvalue weighted by atomic mass is 9.80. The summed E-state index contributed by atoms with van der Waals surface area (Å²) in [6.07, 6.45) is 12.1. The van der Waals surface area contributed by atoms with E-state index in [1.807, 2.05) is 36.8 Å². The number of benzene rings is 4. The summed E-state index contributed by atoms with van der Waals surface area (Å²) in [6.45, 7) is 5.51. The quantitative estimate of drug-likeness (QED) is 0.203. The summed E-state index contributed by atoms with van der Waals surface area (Å²) >= 11 is 0. The molecule has 3 aromatic heterocycles. The van der Waals surface area contributed by atoms with Crippen LogP contribution in [0, 0.1) is 0 Å². The first-order valence-corrected chi connectivity index (χ1v) is 16.2. The Morgan fingerprint density at radius 1 is 0.574 bits per heavy atom. The maximum absolute atomic E-state index is 4.96. The van der Waals surface area contributed by atoms with Gasteiger partial charge in [-0.2, -0.15) is 0 Å². The normalized spacial score (nSPS) is 14.5. The zero-order valence-electron chi connectivity index (χ0n) is 26.3. The second-order valence-electron chi connectivity index (χ2n) is 12.9. The Labute approximate surface area is 274 Å². The third-order valence-corrected chi connectivity index (χ3v) is 9.84. The molecule has 224 valence electrons. The largest absolute Gasteiger partial charge is 0.380 e. The van der Waals surface area contributed by atoms with Crippen molar-refractivity contribution < 1.29 is 0 Å². The van der Waals surface area contributed by atoms with Crippen LogP contribution in [0.1, 0.15) is 30.7 Å². The van der Waals surface area contributed by atoms with Crippen LogP contribution in [0.3, 0.4) is 0 Å². The Balaban J connectivity index is 1.34. The highest BCUT2D eigenvalue weighted by Crippen LogP contribution is 2.53. The SMILES string of the molecule is CC1(C)c2ccccc2-c2cc3c(-c4ccc(-c5ccccn5)nc4)c4ccccc4c(-c4ccc(C5=CC=CCN5)nc4)c3cc21. The molecule has 2 aliphatic rings. The molecule has 4 aromatic carbocycles. The van der Waals surface area contributed by atoms with Crippen LogP contribution in [0.25, 0.3) is 72.0 Å². The minimum absolute atomic E-state index is 0.121. The molecule has 4 heteroatoms. The van der Waals surface area contributed by atoms with Crippen LogP contribution < -0.4 is 5.32 Å². The highest BCUT2D eigenvalue weighted by molar-refractivity contribution is 6.22. The molecule has 1 aliphatic heterocycles. The van der Waals surface area contributed by atoms with E-state index in [0.717, 1.165) is 40.5 Å². The molecule has 9 rings (SSSR count). The predicted molar refractivity (Wildman–Crippen MR) is 194 cm³/mol. The number of allylic oxidation sites excluding steroid dienone is 2. The molecule has 4 nitrogen and oxygen atoms in total. The topological polar surface area (TPSA) is 50.7 Å². The Kier molecular flexibility index (Phi) is 6.19. The summed E-state index contributed by atoms with van der Waals surface area (Å²) in [7, 11) is 0. The van der Waals surface area contributed by atoms with Gasteiger partial charge in [-0.05, 0) is 97.4 Å². The zero-order valence-corrected chi connectivity index (χ0v) is 26.3. The Bertz CT molecular complexity index is 2400. The first-order valence-electron chi connectivity index (χ1n) is 16.2. The average molecular weight is 605 g/mol. The van der Waals surface area contributed by atoms with Crippen LogP contribution in [-0.2, 0) is 5.41 Å². The fourth-order valence-corrected chi connectivity index (χ4v) is 7.54. The molecular formula is C43H32N4. The van der Waals surface area contributed by atoms with Crippen LogP contribution in [0.5, 0.6) is 0 Å². The maximum Gasteiger partial charge on any atom is 0.0886 e. The molecule has 0 bridgehead atoms. The van der Waals surface area contributed by atoms with Crippen LogP contribution in [0.15, 0.2) is 140 Å². The van der Waals surface area contributed by atoms with Crippen LogP contribution in [0.2, 0.25) is 0 Å². The number of pyridine rings is 3. The first-order chi connectivity index (χ1) is 23.1. The number of nitrogens with one attached hydrogen (secondary N) is 1. The first kappa shape index (κ1) is 27.4. The number of hydrogen-bond acceptors (Lipinski definition) is 4. The van der Waals surface area contributed by atoms with Crippen molar-refractivity contribution in [1.29, 1.82) is 0 Å². The average Bonchev–Trinajstić information content (AvgIpc) is 3.36. The molecule has 4 heterocycles. The summed E-state index contributed by atoms with van der Waals surface area (Å²) in [6, 6.07) is 37.1. The molecule has 7 aromatic rings. The van der Waals surface area contributed by atoms with Gasteiger partial charge in [0.1, 0.15) is 0 Å². The monoisotopic (exact) mass is 604 g/mol. The second-order valence-corrected chi connectivity index (χ2v) is 12.9. The van der Waals surface area contributed by atoms with Gasteiger partial charge >= 0.3 is 0 Å². The van der Waals surface area contributed by atoms with E-state index in [2.05, 4.69) is 127 Å². The van der Waals surface area contributed by atoms with E-state index in [1.54, 1.807) is 0 Å². The zero-order chi connectivity index (χ0) is 31.5. The number of aromatic nitrogens is 3. The molecule has 0 spiro atoms. The minimum atomic E-state index is -0.121. The number of rotatable bonds is 4. The van der Waals surface area contributed by atoms with Crippen molar-refractivity contribution in [3.63, 3.8) is 0 Å². The predicted octanol–water partition coefficient (Wildman–Crippen LogP) is 9.99. The van der Waals surface area contributed by atoms with E-state index in [0.29, 0.717) is 0 Å². The molecule has 0 radical (unpaired) electrons. The Morgan fingerprint density at radius 3 is 1.89 bits per heavy atom. The lowest BCUT2D eigenvalue weighted by Gasteiger charge is -2.23. The van der Waals surface area contributed by atoms with Crippen molar-refractivity contribution in [2.24, 2.45) is 0 Å². The second kappa shape index (κ2) is 10.6. The van der Waals surface area contributed by atoms with Crippen molar-refractivity contribution in [3.8, 4) is 44.8 Å². The summed E-state index contributed by atoms with van der Waals surface area (Å²) in [5, 5.41) is 8.27. The van der Waals surface area contributed by atoms with Crippen molar-refractivity contribution >= 4 is 27.2 Å². The molecule has 1 N–H and O–H groups in total. The van der Waals surface area contributed by atoms with Crippen molar-refractivity contribution in [2.75, 3.05) is 6.54 Å². The standard InChI is InChI=1S/C43H32N4/c1-43(2)35-14-6-5-11-29(35)32-23-33-34(24-36(32)43)42(28-18-20-40(47-26-28)38-16-8-10-22-45-38)31-13-4-3-12-30(31)41(33)27-17-19-39(46-25-27)37-15-7-9-21-44-37/h3-21,23-26,45H,22H2,1-2H3. The fourth-order valence-electron chi connectivity index (χ4n) is 7.54.